The fourth-order valence-corrected chi connectivity index (χ4v) is 3.42. The summed E-state index contributed by atoms with van der Waals surface area (Å²) in [5.74, 6) is 0.0262. The Labute approximate surface area is 181 Å². The van der Waals surface area contributed by atoms with Gasteiger partial charge in [0.2, 0.25) is 5.91 Å². The van der Waals surface area contributed by atoms with Crippen LogP contribution in [-0.2, 0) is 18.4 Å². The van der Waals surface area contributed by atoms with Crippen molar-refractivity contribution in [3.05, 3.63) is 86.9 Å². The zero-order valence-corrected chi connectivity index (χ0v) is 17.2. The highest BCUT2D eigenvalue weighted by atomic mass is 16.6. The molecule has 11 nitrogen and oxygen atoms in total. The minimum atomic E-state index is -0.784. The van der Waals surface area contributed by atoms with Crippen LogP contribution >= 0.6 is 0 Å². The van der Waals surface area contributed by atoms with Crippen LogP contribution < -0.4 is 15.8 Å². The van der Waals surface area contributed by atoms with E-state index in [0.717, 1.165) is 16.2 Å². The van der Waals surface area contributed by atoms with Crippen LogP contribution in [0, 0.1) is 10.1 Å². The van der Waals surface area contributed by atoms with Gasteiger partial charge in [0.05, 0.1) is 23.6 Å². The predicted octanol–water partition coefficient (Wildman–Crippen LogP) is 2.15. The molecule has 0 radical (unpaired) electrons. The van der Waals surface area contributed by atoms with Crippen LogP contribution in [0.5, 0.6) is 5.75 Å². The van der Waals surface area contributed by atoms with Crippen molar-refractivity contribution in [2.45, 2.75) is 12.6 Å². The molecule has 1 amide bonds. The second-order valence-corrected chi connectivity index (χ2v) is 7.03. The summed E-state index contributed by atoms with van der Waals surface area (Å²) in [6.45, 7) is -0.333. The summed E-state index contributed by atoms with van der Waals surface area (Å²) in [7, 11) is 3.38. The largest absolute Gasteiger partial charge is 0.497 e. The molecular weight excluding hydrogens is 418 g/mol. The predicted molar refractivity (Wildman–Crippen MR) is 113 cm³/mol. The fraction of sp³-hybridized carbons (Fsp3) is 0.190. The van der Waals surface area contributed by atoms with Crippen LogP contribution in [0.1, 0.15) is 17.4 Å². The lowest BCUT2D eigenvalue weighted by Crippen LogP contribution is -2.35. The third-order valence-corrected chi connectivity index (χ3v) is 5.04. The van der Waals surface area contributed by atoms with E-state index in [9.17, 15) is 19.7 Å². The van der Waals surface area contributed by atoms with Gasteiger partial charge in [0, 0.05) is 25.5 Å². The first-order valence-electron chi connectivity index (χ1n) is 9.55. The number of amides is 1. The highest BCUT2D eigenvalue weighted by Crippen LogP contribution is 2.24. The van der Waals surface area contributed by atoms with E-state index in [1.54, 1.807) is 36.2 Å². The highest BCUT2D eigenvalue weighted by Gasteiger charge is 2.23. The van der Waals surface area contributed by atoms with Gasteiger partial charge in [-0.05, 0) is 23.8 Å². The number of hydrogen-bond acceptors (Lipinski definition) is 7. The molecule has 1 N–H and O–H groups in total. The molecule has 0 spiro atoms. The molecule has 1 atom stereocenters. The van der Waals surface area contributed by atoms with Crippen molar-refractivity contribution in [3.63, 3.8) is 0 Å². The van der Waals surface area contributed by atoms with Crippen molar-refractivity contribution in [2.24, 2.45) is 7.05 Å². The van der Waals surface area contributed by atoms with Crippen LogP contribution in [0.3, 0.4) is 0 Å². The van der Waals surface area contributed by atoms with Gasteiger partial charge in [0.1, 0.15) is 24.2 Å². The Hall–Kier alpha value is -4.41. The minimum Gasteiger partial charge on any atom is -0.497 e. The molecule has 0 bridgehead atoms. The van der Waals surface area contributed by atoms with Gasteiger partial charge in [-0.3, -0.25) is 19.5 Å². The second-order valence-electron chi connectivity index (χ2n) is 7.03. The number of nitro groups is 1. The molecule has 2 aromatic heterocycles. The van der Waals surface area contributed by atoms with E-state index < -0.39 is 22.6 Å². The van der Waals surface area contributed by atoms with Gasteiger partial charge in [-0.2, -0.15) is 0 Å². The summed E-state index contributed by atoms with van der Waals surface area (Å²) < 4.78 is 13.2. The molecule has 1 unspecified atom stereocenters. The number of carbonyl (C=O) groups excluding carboxylic acids is 1. The van der Waals surface area contributed by atoms with Gasteiger partial charge >= 0.3 is 5.76 Å². The Morgan fingerprint density at radius 2 is 2.03 bits per heavy atom. The Bertz CT molecular complexity index is 1350. The number of oxazole rings is 1. The van der Waals surface area contributed by atoms with Crippen LogP contribution in [0.15, 0.2) is 64.1 Å². The Morgan fingerprint density at radius 3 is 2.66 bits per heavy atom. The monoisotopic (exact) mass is 437 g/mol. The number of nitrogens with one attached hydrogen (secondary N) is 1. The van der Waals surface area contributed by atoms with Crippen molar-refractivity contribution < 1.29 is 18.9 Å². The number of methoxy groups -OCH3 is 1. The maximum atomic E-state index is 12.9. The van der Waals surface area contributed by atoms with E-state index in [-0.39, 0.29) is 23.3 Å². The van der Waals surface area contributed by atoms with Crippen molar-refractivity contribution in [2.75, 3.05) is 7.11 Å². The molecule has 2 heterocycles. The summed E-state index contributed by atoms with van der Waals surface area (Å²) >= 11 is 0. The van der Waals surface area contributed by atoms with E-state index >= 15 is 0 Å². The van der Waals surface area contributed by atoms with Crippen molar-refractivity contribution >= 4 is 22.7 Å². The molecule has 0 aliphatic rings. The van der Waals surface area contributed by atoms with Crippen molar-refractivity contribution in [3.8, 4) is 5.75 Å². The Kier molecular flexibility index (Phi) is 5.46. The molecule has 164 valence electrons. The molecule has 2 aromatic carbocycles. The number of rotatable bonds is 7. The number of hydrogen-bond donors (Lipinski definition) is 1. The number of nitro benzene ring substituents is 1. The van der Waals surface area contributed by atoms with Gasteiger partial charge in [-0.15, -0.1) is 0 Å². The lowest BCUT2D eigenvalue weighted by Gasteiger charge is -2.19. The number of fused-ring (bicyclic) bond motifs is 1. The molecule has 0 fully saturated rings. The van der Waals surface area contributed by atoms with E-state index in [4.69, 9.17) is 9.15 Å². The van der Waals surface area contributed by atoms with Gasteiger partial charge in [-0.1, -0.05) is 12.1 Å². The third-order valence-electron chi connectivity index (χ3n) is 5.04. The van der Waals surface area contributed by atoms with Crippen molar-refractivity contribution in [1.82, 2.24) is 19.4 Å². The Balaban J connectivity index is 1.63. The van der Waals surface area contributed by atoms with Crippen LogP contribution in [0.4, 0.5) is 5.69 Å². The first-order valence-corrected chi connectivity index (χ1v) is 9.55. The first kappa shape index (κ1) is 20.8. The molecule has 4 rings (SSSR count). The average Bonchev–Trinajstić information content (AvgIpc) is 3.34. The fourth-order valence-electron chi connectivity index (χ4n) is 3.42. The van der Waals surface area contributed by atoms with Crippen LogP contribution in [-0.4, -0.2) is 32.1 Å². The van der Waals surface area contributed by atoms with Gasteiger partial charge in [0.15, 0.2) is 5.58 Å². The quantitative estimate of drug-likeness (QED) is 0.346. The topological polar surface area (TPSA) is 134 Å². The second kappa shape index (κ2) is 8.38. The molecular formula is C21H19N5O6. The third kappa shape index (κ3) is 3.95. The summed E-state index contributed by atoms with van der Waals surface area (Å²) in [5, 5.41) is 13.9. The molecule has 32 heavy (non-hydrogen) atoms. The smallest absolute Gasteiger partial charge is 0.420 e. The molecule has 4 aromatic rings. The molecule has 0 aliphatic heterocycles. The highest BCUT2D eigenvalue weighted by molar-refractivity contribution is 5.81. The number of aryl methyl sites for hydroxylation is 1. The van der Waals surface area contributed by atoms with E-state index in [1.807, 2.05) is 19.2 Å². The number of benzene rings is 2. The van der Waals surface area contributed by atoms with E-state index in [2.05, 4.69) is 10.3 Å². The summed E-state index contributed by atoms with van der Waals surface area (Å²) in [4.78, 5) is 39.9. The standard InChI is InChI=1S/C21H19N5O6/c1-24-10-9-22-20(24)19(13-3-6-15(31-2)7-4-13)23-18(27)12-25-16-8-5-14(26(29)30)11-17(16)32-21(25)28/h3-11,19H,12H2,1-2H3,(H,23,27). The SMILES string of the molecule is COc1ccc(C(NC(=O)Cn2c(=O)oc3cc([N+](=O)[O-])ccc32)c2nccn2C)cc1. The summed E-state index contributed by atoms with van der Waals surface area (Å²) in [5.41, 5.74) is 0.882. The average molecular weight is 437 g/mol. The number of ether oxygens (including phenoxy) is 1. The normalized spacial score (nSPS) is 11.9. The summed E-state index contributed by atoms with van der Waals surface area (Å²) in [6, 6.07) is 10.4. The van der Waals surface area contributed by atoms with Crippen LogP contribution in [0.2, 0.25) is 0 Å². The minimum absolute atomic E-state index is 0.0350. The number of imidazole rings is 1. The number of non-ortho nitro benzene ring substituents is 1. The maximum Gasteiger partial charge on any atom is 0.420 e. The van der Waals surface area contributed by atoms with Crippen LogP contribution in [0.25, 0.3) is 11.1 Å². The lowest BCUT2D eigenvalue weighted by atomic mass is 10.1. The first-order chi connectivity index (χ1) is 15.4. The number of carbonyl (C=O) groups is 1. The maximum absolute atomic E-state index is 12.9. The van der Waals surface area contributed by atoms with Gasteiger partial charge in [-0.25, -0.2) is 9.78 Å². The van der Waals surface area contributed by atoms with E-state index in [1.165, 1.54) is 12.1 Å². The van der Waals surface area contributed by atoms with Crippen molar-refractivity contribution in [1.29, 1.82) is 0 Å². The molecule has 0 saturated carbocycles. The van der Waals surface area contributed by atoms with E-state index in [0.29, 0.717) is 11.6 Å². The summed E-state index contributed by atoms with van der Waals surface area (Å²) in [6.07, 6.45) is 3.39. The number of nitrogens with zero attached hydrogens (tertiary/aromatic N) is 4. The lowest BCUT2D eigenvalue weighted by molar-refractivity contribution is -0.384. The zero-order chi connectivity index (χ0) is 22.8. The Morgan fingerprint density at radius 1 is 1.28 bits per heavy atom. The zero-order valence-electron chi connectivity index (χ0n) is 17.2. The molecule has 0 saturated heterocycles. The number of aromatic nitrogens is 3. The molecule has 0 aliphatic carbocycles. The van der Waals surface area contributed by atoms with Gasteiger partial charge in [0.25, 0.3) is 5.69 Å². The molecule has 11 heteroatoms. The van der Waals surface area contributed by atoms with Gasteiger partial charge < -0.3 is 19.0 Å².